The van der Waals surface area contributed by atoms with Gasteiger partial charge in [0.1, 0.15) is 18.1 Å². The van der Waals surface area contributed by atoms with Crippen LogP contribution in [0.4, 0.5) is 13.2 Å². The van der Waals surface area contributed by atoms with E-state index in [0.29, 0.717) is 19.8 Å². The molecule has 0 radical (unpaired) electrons. The molecule has 158 valence electrons. The zero-order chi connectivity index (χ0) is 20.4. The number of piperidine rings is 1. The predicted molar refractivity (Wildman–Crippen MR) is 98.0 cm³/mol. The Hall–Kier alpha value is -2.00. The Labute approximate surface area is 162 Å². The molecule has 9 heteroatoms. The Balaban J connectivity index is 2.04. The molecule has 1 heterocycles. The summed E-state index contributed by atoms with van der Waals surface area (Å²) >= 11 is 0. The number of hydrogen-bond donors (Lipinski definition) is 2. The Morgan fingerprint density at radius 1 is 1.25 bits per heavy atom. The fraction of sp³-hybridized carbons (Fsp3) is 0.632. The smallest absolute Gasteiger partial charge is 0.422 e. The maximum absolute atomic E-state index is 12.6. The van der Waals surface area contributed by atoms with E-state index >= 15 is 0 Å². The summed E-state index contributed by atoms with van der Waals surface area (Å²) in [5.41, 5.74) is 0.131. The van der Waals surface area contributed by atoms with Crippen LogP contribution >= 0.6 is 0 Å². The first-order chi connectivity index (χ1) is 13.4. The molecule has 0 aliphatic carbocycles. The topological polar surface area (TPSA) is 68.8 Å². The van der Waals surface area contributed by atoms with Crippen LogP contribution in [0.3, 0.4) is 0 Å². The second-order valence-electron chi connectivity index (χ2n) is 6.46. The van der Waals surface area contributed by atoms with Crippen molar-refractivity contribution < 1.29 is 32.2 Å². The van der Waals surface area contributed by atoms with Crippen LogP contribution in [0, 0.1) is 0 Å². The van der Waals surface area contributed by atoms with Crippen LogP contribution in [-0.2, 0) is 4.74 Å². The molecule has 2 rings (SSSR count). The highest BCUT2D eigenvalue weighted by Gasteiger charge is 2.28. The van der Waals surface area contributed by atoms with E-state index in [1.165, 1.54) is 18.2 Å². The summed E-state index contributed by atoms with van der Waals surface area (Å²) in [6, 6.07) is 4.24. The van der Waals surface area contributed by atoms with Gasteiger partial charge in [0, 0.05) is 19.2 Å². The molecule has 1 aromatic rings. The quantitative estimate of drug-likeness (QED) is 0.587. The third kappa shape index (κ3) is 7.93. The van der Waals surface area contributed by atoms with E-state index in [2.05, 4.69) is 10.6 Å². The van der Waals surface area contributed by atoms with E-state index in [0.717, 1.165) is 25.8 Å². The summed E-state index contributed by atoms with van der Waals surface area (Å²) in [4.78, 5) is 12.6. The second kappa shape index (κ2) is 11.1. The number of ether oxygens (including phenoxy) is 3. The van der Waals surface area contributed by atoms with Crippen LogP contribution in [-0.4, -0.2) is 57.6 Å². The third-order valence-electron chi connectivity index (χ3n) is 4.21. The van der Waals surface area contributed by atoms with Crippen molar-refractivity contribution in [2.75, 3.05) is 39.5 Å². The van der Waals surface area contributed by atoms with Crippen molar-refractivity contribution in [2.24, 2.45) is 0 Å². The monoisotopic (exact) mass is 404 g/mol. The van der Waals surface area contributed by atoms with Crippen LogP contribution in [0.5, 0.6) is 11.5 Å². The lowest BCUT2D eigenvalue weighted by atomic mass is 10.0. The van der Waals surface area contributed by atoms with Gasteiger partial charge in [-0.15, -0.1) is 0 Å². The second-order valence-corrected chi connectivity index (χ2v) is 6.46. The van der Waals surface area contributed by atoms with E-state index in [1.54, 1.807) is 0 Å². The Kier molecular flexibility index (Phi) is 8.85. The molecule has 6 nitrogen and oxygen atoms in total. The Bertz CT molecular complexity index is 620. The van der Waals surface area contributed by atoms with Crippen molar-refractivity contribution in [3.05, 3.63) is 23.8 Å². The summed E-state index contributed by atoms with van der Waals surface area (Å²) in [7, 11) is 0. The standard InChI is InChI=1S/C19H27F3N2O4/c1-2-26-9-10-27-17-7-6-15(28-13-19(20,21)22)11-16(17)18(25)24-12-14-5-3-4-8-23-14/h6-7,11,14,23H,2-5,8-10,12-13H2,1H3,(H,24,25). The van der Waals surface area contributed by atoms with Gasteiger partial charge in [0.05, 0.1) is 12.2 Å². The number of rotatable bonds is 10. The largest absolute Gasteiger partial charge is 0.490 e. The van der Waals surface area contributed by atoms with E-state index in [4.69, 9.17) is 14.2 Å². The van der Waals surface area contributed by atoms with Gasteiger partial charge in [-0.3, -0.25) is 4.79 Å². The summed E-state index contributed by atoms with van der Waals surface area (Å²) in [6.07, 6.45) is -1.28. The normalized spacial score (nSPS) is 17.2. The summed E-state index contributed by atoms with van der Waals surface area (Å²) < 4.78 is 52.7. The van der Waals surface area contributed by atoms with Crippen LogP contribution in [0.25, 0.3) is 0 Å². The van der Waals surface area contributed by atoms with Crippen LogP contribution in [0.15, 0.2) is 18.2 Å². The zero-order valence-electron chi connectivity index (χ0n) is 15.9. The number of carbonyl (C=O) groups is 1. The lowest BCUT2D eigenvalue weighted by Gasteiger charge is -2.23. The molecule has 2 N–H and O–H groups in total. The average molecular weight is 404 g/mol. The minimum atomic E-state index is -4.46. The lowest BCUT2D eigenvalue weighted by Crippen LogP contribution is -2.43. The molecule has 1 aliphatic rings. The van der Waals surface area contributed by atoms with E-state index in [-0.39, 0.29) is 29.7 Å². The predicted octanol–water partition coefficient (Wildman–Crippen LogP) is 2.91. The van der Waals surface area contributed by atoms with Crippen LogP contribution < -0.4 is 20.1 Å². The molecule has 0 spiro atoms. The van der Waals surface area contributed by atoms with Gasteiger partial charge in [-0.25, -0.2) is 0 Å². The number of nitrogens with one attached hydrogen (secondary N) is 2. The number of halogens is 3. The molecule has 1 aliphatic heterocycles. The number of alkyl halides is 3. The minimum Gasteiger partial charge on any atom is -0.490 e. The minimum absolute atomic E-state index is 0.0459. The van der Waals surface area contributed by atoms with E-state index in [9.17, 15) is 18.0 Å². The van der Waals surface area contributed by atoms with Gasteiger partial charge in [-0.2, -0.15) is 13.2 Å². The number of benzene rings is 1. The molecular weight excluding hydrogens is 377 g/mol. The molecule has 1 unspecified atom stereocenters. The van der Waals surface area contributed by atoms with Gasteiger partial charge in [0.25, 0.3) is 5.91 Å². The van der Waals surface area contributed by atoms with Crippen LogP contribution in [0.1, 0.15) is 36.5 Å². The van der Waals surface area contributed by atoms with Crippen molar-refractivity contribution >= 4 is 5.91 Å². The van der Waals surface area contributed by atoms with E-state index < -0.39 is 18.7 Å². The fourth-order valence-corrected chi connectivity index (χ4v) is 2.83. The lowest BCUT2D eigenvalue weighted by molar-refractivity contribution is -0.153. The third-order valence-corrected chi connectivity index (χ3v) is 4.21. The Morgan fingerprint density at radius 3 is 2.75 bits per heavy atom. The Morgan fingerprint density at radius 2 is 2.07 bits per heavy atom. The highest BCUT2D eigenvalue weighted by Crippen LogP contribution is 2.26. The first-order valence-electron chi connectivity index (χ1n) is 9.44. The van der Waals surface area contributed by atoms with Gasteiger partial charge in [-0.05, 0) is 44.5 Å². The molecule has 0 aromatic heterocycles. The molecule has 1 amide bonds. The van der Waals surface area contributed by atoms with Crippen LogP contribution in [0.2, 0.25) is 0 Å². The fourth-order valence-electron chi connectivity index (χ4n) is 2.83. The molecule has 1 fully saturated rings. The molecule has 28 heavy (non-hydrogen) atoms. The highest BCUT2D eigenvalue weighted by molar-refractivity contribution is 5.97. The molecule has 0 bridgehead atoms. The average Bonchev–Trinajstić information content (AvgIpc) is 2.68. The van der Waals surface area contributed by atoms with Gasteiger partial charge in [0.2, 0.25) is 0 Å². The first kappa shape index (κ1) is 22.3. The molecule has 0 saturated carbocycles. The van der Waals surface area contributed by atoms with Crippen molar-refractivity contribution in [3.63, 3.8) is 0 Å². The zero-order valence-corrected chi connectivity index (χ0v) is 15.9. The van der Waals surface area contributed by atoms with Gasteiger partial charge >= 0.3 is 6.18 Å². The van der Waals surface area contributed by atoms with Crippen molar-refractivity contribution in [1.82, 2.24) is 10.6 Å². The molecular formula is C19H27F3N2O4. The molecule has 1 atom stereocenters. The molecule has 1 aromatic carbocycles. The molecule has 1 saturated heterocycles. The SMILES string of the molecule is CCOCCOc1ccc(OCC(F)(F)F)cc1C(=O)NCC1CCCCN1. The number of carbonyl (C=O) groups excluding carboxylic acids is 1. The van der Waals surface area contributed by atoms with Gasteiger partial charge in [0.15, 0.2) is 6.61 Å². The summed E-state index contributed by atoms with van der Waals surface area (Å²) in [5.74, 6) is -0.195. The number of hydrogen-bond acceptors (Lipinski definition) is 5. The van der Waals surface area contributed by atoms with Gasteiger partial charge < -0.3 is 24.8 Å². The number of amides is 1. The van der Waals surface area contributed by atoms with Gasteiger partial charge in [-0.1, -0.05) is 6.42 Å². The first-order valence-corrected chi connectivity index (χ1v) is 9.44. The summed E-state index contributed by atoms with van der Waals surface area (Å²) in [6.45, 7) is 2.87. The maximum atomic E-state index is 12.6. The highest BCUT2D eigenvalue weighted by atomic mass is 19.4. The van der Waals surface area contributed by atoms with E-state index in [1.807, 2.05) is 6.92 Å². The van der Waals surface area contributed by atoms with Crippen molar-refractivity contribution in [2.45, 2.75) is 38.4 Å². The maximum Gasteiger partial charge on any atom is 0.422 e. The van der Waals surface area contributed by atoms with Crippen molar-refractivity contribution in [3.8, 4) is 11.5 Å². The summed E-state index contributed by atoms with van der Waals surface area (Å²) in [5, 5.41) is 6.14. The van der Waals surface area contributed by atoms with Crippen molar-refractivity contribution in [1.29, 1.82) is 0 Å².